The molecule has 0 unspecified atom stereocenters. The molecule has 0 radical (unpaired) electrons. The van der Waals surface area contributed by atoms with E-state index in [1.165, 1.54) is 0 Å². The van der Waals surface area contributed by atoms with Crippen molar-refractivity contribution >= 4 is 21.9 Å². The van der Waals surface area contributed by atoms with Gasteiger partial charge >= 0.3 is 0 Å². The van der Waals surface area contributed by atoms with Crippen molar-refractivity contribution in [2.24, 2.45) is 5.84 Å². The molecule has 88 valence electrons. The Hall–Kier alpha value is -1.66. The number of ether oxygens (including phenoxy) is 1. The van der Waals surface area contributed by atoms with E-state index < -0.39 is 0 Å². The average Bonchev–Trinajstić information content (AvgIpc) is 2.37. The first-order chi connectivity index (χ1) is 8.28. The molecule has 2 rings (SSSR count). The van der Waals surface area contributed by atoms with Gasteiger partial charge in [0.1, 0.15) is 6.61 Å². The lowest BCUT2D eigenvalue weighted by Gasteiger charge is -2.06. The summed E-state index contributed by atoms with van der Waals surface area (Å²) in [5.74, 6) is 6.02. The molecular weight excluding hydrogens is 284 g/mol. The number of rotatable bonds is 4. The van der Waals surface area contributed by atoms with E-state index in [0.29, 0.717) is 18.4 Å². The van der Waals surface area contributed by atoms with Gasteiger partial charge in [-0.05, 0) is 17.7 Å². The number of anilines is 1. The van der Waals surface area contributed by atoms with Gasteiger partial charge in [0.15, 0.2) is 0 Å². The van der Waals surface area contributed by atoms with Gasteiger partial charge < -0.3 is 4.74 Å². The second kappa shape index (κ2) is 5.60. The highest BCUT2D eigenvalue weighted by atomic mass is 79.9. The average molecular weight is 295 g/mol. The summed E-state index contributed by atoms with van der Waals surface area (Å²) in [5, 5.41) is 0. The smallest absolute Gasteiger partial charge is 0.240 e. The summed E-state index contributed by atoms with van der Waals surface area (Å²) in [6, 6.07) is 9.57. The molecule has 17 heavy (non-hydrogen) atoms. The molecule has 3 N–H and O–H groups in total. The maximum atomic E-state index is 5.52. The van der Waals surface area contributed by atoms with E-state index in [1.807, 2.05) is 24.3 Å². The Kier molecular flexibility index (Phi) is 3.89. The minimum absolute atomic E-state index is 0.330. The molecule has 0 saturated carbocycles. The van der Waals surface area contributed by atoms with Crippen LogP contribution in [0.3, 0.4) is 0 Å². The van der Waals surface area contributed by atoms with E-state index in [0.717, 1.165) is 10.0 Å². The van der Waals surface area contributed by atoms with E-state index in [4.69, 9.17) is 10.6 Å². The van der Waals surface area contributed by atoms with E-state index >= 15 is 0 Å². The Labute approximate surface area is 107 Å². The molecule has 5 nitrogen and oxygen atoms in total. The molecule has 1 aromatic carbocycles. The first kappa shape index (κ1) is 11.8. The fourth-order valence-corrected chi connectivity index (χ4v) is 1.72. The Balaban J connectivity index is 2.02. The third-order valence-corrected chi connectivity index (χ3v) is 2.53. The van der Waals surface area contributed by atoms with E-state index in [2.05, 4.69) is 31.3 Å². The van der Waals surface area contributed by atoms with Gasteiger partial charge in [0, 0.05) is 16.7 Å². The predicted molar refractivity (Wildman–Crippen MR) is 68.3 cm³/mol. The second-order valence-corrected chi connectivity index (χ2v) is 4.20. The zero-order chi connectivity index (χ0) is 12.1. The summed E-state index contributed by atoms with van der Waals surface area (Å²) in [5.41, 5.74) is 3.42. The minimum Gasteiger partial charge on any atom is -0.473 e. The van der Waals surface area contributed by atoms with Crippen molar-refractivity contribution in [2.75, 3.05) is 5.43 Å². The third-order valence-electron chi connectivity index (χ3n) is 2.03. The van der Waals surface area contributed by atoms with Crippen LogP contribution >= 0.6 is 15.9 Å². The number of halogens is 1. The molecule has 0 saturated heterocycles. The van der Waals surface area contributed by atoms with Gasteiger partial charge in [0.25, 0.3) is 0 Å². The monoisotopic (exact) mass is 294 g/mol. The molecule has 0 aliphatic heterocycles. The molecule has 2 aromatic rings. The summed E-state index contributed by atoms with van der Waals surface area (Å²) in [6.45, 7) is 0.445. The highest BCUT2D eigenvalue weighted by molar-refractivity contribution is 9.10. The number of nitrogens with zero attached hydrogens (tertiary/aromatic N) is 2. The fraction of sp³-hybridized carbons (Fsp3) is 0.0909. The van der Waals surface area contributed by atoms with Crippen molar-refractivity contribution in [3.63, 3.8) is 0 Å². The van der Waals surface area contributed by atoms with Crippen molar-refractivity contribution in [1.82, 2.24) is 9.97 Å². The van der Waals surface area contributed by atoms with Gasteiger partial charge in [-0.3, -0.25) is 5.43 Å². The summed E-state index contributed by atoms with van der Waals surface area (Å²) >= 11 is 3.40. The zero-order valence-corrected chi connectivity index (χ0v) is 10.5. The summed E-state index contributed by atoms with van der Waals surface area (Å²) in [7, 11) is 0. The summed E-state index contributed by atoms with van der Waals surface area (Å²) < 4.78 is 6.54. The highest BCUT2D eigenvalue weighted by Crippen LogP contribution is 2.14. The van der Waals surface area contributed by atoms with Crippen LogP contribution in [0.15, 0.2) is 41.0 Å². The van der Waals surface area contributed by atoms with Crippen LogP contribution in [0.5, 0.6) is 5.88 Å². The van der Waals surface area contributed by atoms with E-state index in [1.54, 1.807) is 12.3 Å². The van der Waals surface area contributed by atoms with Crippen molar-refractivity contribution in [3.8, 4) is 5.88 Å². The second-order valence-electron chi connectivity index (χ2n) is 3.28. The number of aromatic nitrogens is 2. The Morgan fingerprint density at radius 3 is 3.00 bits per heavy atom. The topological polar surface area (TPSA) is 73.1 Å². The molecular formula is C11H11BrN4O. The quantitative estimate of drug-likeness (QED) is 0.667. The van der Waals surface area contributed by atoms with Gasteiger partial charge in [-0.1, -0.05) is 28.1 Å². The standard InChI is InChI=1S/C11H11BrN4O/c12-9-3-1-2-8(6-9)7-17-10-4-5-14-11(15-10)16-13/h1-6H,7,13H2,(H,14,15,16). The SMILES string of the molecule is NNc1nccc(OCc2cccc(Br)c2)n1. The van der Waals surface area contributed by atoms with Crippen LogP contribution in [-0.2, 0) is 6.61 Å². The Morgan fingerprint density at radius 2 is 2.24 bits per heavy atom. The molecule has 0 aliphatic rings. The van der Waals surface area contributed by atoms with Crippen LogP contribution in [0.4, 0.5) is 5.95 Å². The molecule has 0 spiro atoms. The van der Waals surface area contributed by atoms with Gasteiger partial charge in [0.05, 0.1) is 0 Å². The molecule has 6 heteroatoms. The van der Waals surface area contributed by atoms with Crippen LogP contribution in [-0.4, -0.2) is 9.97 Å². The zero-order valence-electron chi connectivity index (χ0n) is 8.93. The highest BCUT2D eigenvalue weighted by Gasteiger charge is 2.00. The minimum atomic E-state index is 0.330. The number of hydrogen-bond donors (Lipinski definition) is 2. The summed E-state index contributed by atoms with van der Waals surface area (Å²) in [6.07, 6.45) is 1.58. The molecule has 0 bridgehead atoms. The lowest BCUT2D eigenvalue weighted by atomic mass is 10.2. The number of nitrogens with two attached hydrogens (primary N) is 1. The lowest BCUT2D eigenvalue weighted by Crippen LogP contribution is -2.10. The molecule has 1 aromatic heterocycles. The maximum absolute atomic E-state index is 5.52. The third kappa shape index (κ3) is 3.40. The lowest BCUT2D eigenvalue weighted by molar-refractivity contribution is 0.293. The molecule has 0 fully saturated rings. The molecule has 0 amide bonds. The van der Waals surface area contributed by atoms with Gasteiger partial charge in [-0.15, -0.1) is 0 Å². The predicted octanol–water partition coefficient (Wildman–Crippen LogP) is 2.10. The number of benzene rings is 1. The normalized spacial score (nSPS) is 10.0. The number of hydrazine groups is 1. The molecule has 0 aliphatic carbocycles. The molecule has 1 heterocycles. The van der Waals surface area contributed by atoms with Crippen LogP contribution in [0, 0.1) is 0 Å². The maximum Gasteiger partial charge on any atom is 0.240 e. The number of nitrogen functional groups attached to an aromatic ring is 1. The van der Waals surface area contributed by atoms with Crippen molar-refractivity contribution in [3.05, 3.63) is 46.6 Å². The van der Waals surface area contributed by atoms with Gasteiger partial charge in [-0.25, -0.2) is 10.8 Å². The number of hydrogen-bond acceptors (Lipinski definition) is 5. The Morgan fingerprint density at radius 1 is 1.35 bits per heavy atom. The fourth-order valence-electron chi connectivity index (χ4n) is 1.28. The molecule has 0 atom stereocenters. The number of nitrogens with one attached hydrogen (secondary N) is 1. The van der Waals surface area contributed by atoms with Crippen molar-refractivity contribution in [2.45, 2.75) is 6.61 Å². The van der Waals surface area contributed by atoms with Crippen LogP contribution in [0.25, 0.3) is 0 Å². The van der Waals surface area contributed by atoms with E-state index in [9.17, 15) is 0 Å². The van der Waals surface area contributed by atoms with Gasteiger partial charge in [-0.2, -0.15) is 4.98 Å². The van der Waals surface area contributed by atoms with Crippen molar-refractivity contribution < 1.29 is 4.74 Å². The Bertz CT molecular complexity index is 506. The first-order valence-electron chi connectivity index (χ1n) is 4.95. The van der Waals surface area contributed by atoms with E-state index in [-0.39, 0.29) is 0 Å². The van der Waals surface area contributed by atoms with Crippen LogP contribution in [0.2, 0.25) is 0 Å². The largest absolute Gasteiger partial charge is 0.473 e. The van der Waals surface area contributed by atoms with Gasteiger partial charge in [0.2, 0.25) is 11.8 Å². The first-order valence-corrected chi connectivity index (χ1v) is 5.74. The van der Waals surface area contributed by atoms with Crippen LogP contribution in [0.1, 0.15) is 5.56 Å². The van der Waals surface area contributed by atoms with Crippen LogP contribution < -0.4 is 16.0 Å². The summed E-state index contributed by atoms with van der Waals surface area (Å²) in [4.78, 5) is 7.94. The van der Waals surface area contributed by atoms with Crippen molar-refractivity contribution in [1.29, 1.82) is 0 Å².